The first-order valence-corrected chi connectivity index (χ1v) is 11.5. The Morgan fingerprint density at radius 3 is 2.50 bits per heavy atom. The van der Waals surface area contributed by atoms with Gasteiger partial charge in [-0.15, -0.1) is 0 Å². The average Bonchev–Trinajstić information content (AvgIpc) is 3.22. The maximum absolute atomic E-state index is 11.3. The van der Waals surface area contributed by atoms with E-state index in [1.165, 1.54) is 6.92 Å². The second kappa shape index (κ2) is 10.3. The van der Waals surface area contributed by atoms with Gasteiger partial charge in [-0.1, -0.05) is 48.2 Å². The Bertz CT molecular complexity index is 1040. The molecule has 7 nitrogen and oxygen atoms in total. The van der Waals surface area contributed by atoms with E-state index in [1.54, 1.807) is 18.0 Å². The lowest BCUT2D eigenvalue weighted by Crippen LogP contribution is -2.31. The van der Waals surface area contributed by atoms with E-state index in [0.29, 0.717) is 0 Å². The van der Waals surface area contributed by atoms with Crippen molar-refractivity contribution in [2.45, 2.75) is 43.6 Å². The van der Waals surface area contributed by atoms with Gasteiger partial charge in [0.25, 0.3) is 0 Å². The summed E-state index contributed by atoms with van der Waals surface area (Å²) >= 11 is 1.66. The summed E-state index contributed by atoms with van der Waals surface area (Å²) in [6.07, 6.45) is 3.74. The van der Waals surface area contributed by atoms with Gasteiger partial charge < -0.3 is 24.5 Å². The largest absolute Gasteiger partial charge is 0.392 e. The molecule has 8 heteroatoms. The molecule has 2 N–H and O–H groups in total. The van der Waals surface area contributed by atoms with Gasteiger partial charge in [-0.25, -0.2) is 4.98 Å². The zero-order valence-corrected chi connectivity index (χ0v) is 18.9. The van der Waals surface area contributed by atoms with Crippen molar-refractivity contribution < 1.29 is 19.4 Å². The summed E-state index contributed by atoms with van der Waals surface area (Å²) in [6.45, 7) is 1.50. The number of carbonyl (C=O) groups is 1. The number of anilines is 1. The topological polar surface area (TPSA) is 85.6 Å². The van der Waals surface area contributed by atoms with Crippen LogP contribution in [-0.2, 0) is 27.9 Å². The van der Waals surface area contributed by atoms with Crippen LogP contribution in [0.25, 0.3) is 0 Å². The molecule has 0 spiro atoms. The monoisotopic (exact) mass is 453 g/mol. The van der Waals surface area contributed by atoms with E-state index in [9.17, 15) is 9.90 Å². The summed E-state index contributed by atoms with van der Waals surface area (Å²) in [5.41, 5.74) is 3.54. The highest BCUT2D eigenvalue weighted by atomic mass is 32.2. The van der Waals surface area contributed by atoms with Crippen molar-refractivity contribution in [3.63, 3.8) is 0 Å². The minimum Gasteiger partial charge on any atom is -0.392 e. The lowest BCUT2D eigenvalue weighted by molar-refractivity contribution is -0.245. The number of amides is 1. The summed E-state index contributed by atoms with van der Waals surface area (Å²) in [5.74, 6) is 0.639. The zero-order valence-electron chi connectivity index (χ0n) is 18.1. The molecule has 4 rings (SSSR count). The van der Waals surface area contributed by atoms with Crippen LogP contribution in [0, 0.1) is 0 Å². The van der Waals surface area contributed by atoms with Crippen molar-refractivity contribution in [3.8, 4) is 0 Å². The molecule has 2 heterocycles. The molecule has 1 amide bonds. The van der Waals surface area contributed by atoms with Gasteiger partial charge in [-0.2, -0.15) is 0 Å². The minimum absolute atomic E-state index is 0.0150. The molecule has 0 aliphatic carbocycles. The third-order valence-corrected chi connectivity index (χ3v) is 6.48. The maximum Gasteiger partial charge on any atom is 0.221 e. The van der Waals surface area contributed by atoms with Crippen LogP contribution in [0.3, 0.4) is 0 Å². The number of rotatable bonds is 7. The van der Waals surface area contributed by atoms with Gasteiger partial charge >= 0.3 is 0 Å². The summed E-state index contributed by atoms with van der Waals surface area (Å²) in [7, 11) is 1.98. The van der Waals surface area contributed by atoms with E-state index in [2.05, 4.69) is 10.3 Å². The molecule has 3 atom stereocenters. The molecular formula is C24H27N3O4S. The molecule has 0 bridgehead atoms. The molecule has 1 saturated heterocycles. The van der Waals surface area contributed by atoms with Crippen LogP contribution in [0.4, 0.5) is 5.69 Å². The van der Waals surface area contributed by atoms with Crippen molar-refractivity contribution in [3.05, 3.63) is 77.6 Å². The lowest BCUT2D eigenvalue weighted by Gasteiger charge is -2.36. The molecule has 2 aromatic carbocycles. The van der Waals surface area contributed by atoms with E-state index in [4.69, 9.17) is 9.47 Å². The molecule has 3 aromatic rings. The molecule has 0 radical (unpaired) electrons. The first kappa shape index (κ1) is 22.5. The van der Waals surface area contributed by atoms with Crippen LogP contribution in [0.1, 0.15) is 42.4 Å². The number of thioether (sulfide) groups is 1. The van der Waals surface area contributed by atoms with Gasteiger partial charge in [0.05, 0.1) is 18.8 Å². The van der Waals surface area contributed by atoms with E-state index in [1.807, 2.05) is 66.3 Å². The molecule has 168 valence electrons. The molecule has 1 aliphatic rings. The number of nitrogens with zero attached hydrogens (tertiary/aromatic N) is 2. The number of imidazole rings is 1. The van der Waals surface area contributed by atoms with E-state index >= 15 is 0 Å². The number of aromatic nitrogens is 2. The van der Waals surface area contributed by atoms with Crippen LogP contribution >= 0.6 is 11.8 Å². The van der Waals surface area contributed by atoms with E-state index in [-0.39, 0.29) is 24.7 Å². The number of hydrogen-bond acceptors (Lipinski definition) is 6. The smallest absolute Gasteiger partial charge is 0.221 e. The van der Waals surface area contributed by atoms with Crippen molar-refractivity contribution in [2.24, 2.45) is 7.05 Å². The van der Waals surface area contributed by atoms with Crippen molar-refractivity contribution in [1.29, 1.82) is 0 Å². The third kappa shape index (κ3) is 5.58. The SMILES string of the molecule is CC(=O)Nc1ccc(C2OC(CSc3nccn3C)CC(c3ccc(CO)cc3)O2)cc1. The normalized spacial score (nSPS) is 20.8. The fraction of sp³-hybridized carbons (Fsp3) is 0.333. The Hall–Kier alpha value is -2.65. The Balaban J connectivity index is 1.52. The number of benzene rings is 2. The van der Waals surface area contributed by atoms with Gasteiger partial charge in [0.1, 0.15) is 0 Å². The summed E-state index contributed by atoms with van der Waals surface area (Å²) in [4.78, 5) is 15.7. The fourth-order valence-electron chi connectivity index (χ4n) is 3.61. The van der Waals surface area contributed by atoms with Crippen molar-refractivity contribution in [2.75, 3.05) is 11.1 Å². The predicted molar refractivity (Wildman–Crippen MR) is 123 cm³/mol. The zero-order chi connectivity index (χ0) is 22.5. The number of hydrogen-bond donors (Lipinski definition) is 2. The highest BCUT2D eigenvalue weighted by Gasteiger charge is 2.32. The average molecular weight is 454 g/mol. The number of ether oxygens (including phenoxy) is 2. The van der Waals surface area contributed by atoms with Crippen molar-refractivity contribution in [1.82, 2.24) is 9.55 Å². The van der Waals surface area contributed by atoms with E-state index < -0.39 is 6.29 Å². The van der Waals surface area contributed by atoms with Crippen molar-refractivity contribution >= 4 is 23.4 Å². The number of aryl methyl sites for hydroxylation is 1. The first-order valence-electron chi connectivity index (χ1n) is 10.5. The van der Waals surface area contributed by atoms with Gasteiger partial charge in [0.15, 0.2) is 11.4 Å². The predicted octanol–water partition coefficient (Wildman–Crippen LogP) is 4.21. The third-order valence-electron chi connectivity index (χ3n) is 5.29. The van der Waals surface area contributed by atoms with Crippen LogP contribution in [-0.4, -0.2) is 32.4 Å². The molecule has 0 saturated carbocycles. The Morgan fingerprint density at radius 1 is 1.16 bits per heavy atom. The Morgan fingerprint density at radius 2 is 1.88 bits per heavy atom. The summed E-state index contributed by atoms with van der Waals surface area (Å²) in [6, 6.07) is 15.4. The Labute approximate surface area is 191 Å². The number of aliphatic hydroxyl groups is 1. The standard InChI is InChI=1S/C24H27N3O4S/c1-16(29)26-20-9-7-19(8-10-20)23-30-21(15-32-24-25-11-12-27(24)2)13-22(31-23)18-5-3-17(14-28)4-6-18/h3-12,21-23,28H,13-15H2,1-2H3,(H,26,29). The number of aliphatic hydroxyl groups excluding tert-OH is 1. The quantitative estimate of drug-likeness (QED) is 0.522. The maximum atomic E-state index is 11.3. The first-order chi connectivity index (χ1) is 15.5. The summed E-state index contributed by atoms with van der Waals surface area (Å²) < 4.78 is 14.7. The lowest BCUT2D eigenvalue weighted by atomic mass is 10.0. The van der Waals surface area contributed by atoms with Crippen LogP contribution in [0.5, 0.6) is 0 Å². The van der Waals surface area contributed by atoms with Crippen LogP contribution in [0.2, 0.25) is 0 Å². The highest BCUT2D eigenvalue weighted by molar-refractivity contribution is 7.99. The minimum atomic E-state index is -0.524. The molecule has 1 fully saturated rings. The molecule has 32 heavy (non-hydrogen) atoms. The van der Waals surface area contributed by atoms with Gasteiger partial charge in [0, 0.05) is 49.8 Å². The molecule has 1 aliphatic heterocycles. The second-order valence-corrected chi connectivity index (χ2v) is 8.77. The molecular weight excluding hydrogens is 426 g/mol. The summed E-state index contributed by atoms with van der Waals surface area (Å²) in [5, 5.41) is 13.1. The highest BCUT2D eigenvalue weighted by Crippen LogP contribution is 2.39. The van der Waals surface area contributed by atoms with Crippen LogP contribution < -0.4 is 5.32 Å². The van der Waals surface area contributed by atoms with Crippen LogP contribution in [0.15, 0.2) is 66.1 Å². The van der Waals surface area contributed by atoms with Gasteiger partial charge in [0.2, 0.25) is 5.91 Å². The van der Waals surface area contributed by atoms with Gasteiger partial charge in [-0.3, -0.25) is 4.79 Å². The Kier molecular flexibility index (Phi) is 7.26. The molecule has 1 aromatic heterocycles. The second-order valence-electron chi connectivity index (χ2n) is 7.79. The van der Waals surface area contributed by atoms with Gasteiger partial charge in [-0.05, 0) is 23.3 Å². The fourth-order valence-corrected chi connectivity index (χ4v) is 4.56. The number of nitrogens with one attached hydrogen (secondary N) is 1. The molecule has 3 unspecified atom stereocenters. The van der Waals surface area contributed by atoms with E-state index in [0.717, 1.165) is 39.7 Å². The number of carbonyl (C=O) groups excluding carboxylic acids is 1.